The summed E-state index contributed by atoms with van der Waals surface area (Å²) in [4.78, 5) is 13.3. The van der Waals surface area contributed by atoms with E-state index < -0.39 is 0 Å². The molecule has 0 aromatic heterocycles. The maximum atomic E-state index is 11.4. The van der Waals surface area contributed by atoms with Gasteiger partial charge in [-0.25, -0.2) is 0 Å². The van der Waals surface area contributed by atoms with Crippen LogP contribution in [0.4, 0.5) is 0 Å². The smallest absolute Gasteiger partial charge is 0.219 e. The first-order chi connectivity index (χ1) is 11.0. The molecule has 2 aliphatic heterocycles. The maximum Gasteiger partial charge on any atom is 0.219 e. The molecule has 1 aromatic carbocycles. The second-order valence-corrected chi connectivity index (χ2v) is 6.61. The number of hydrogen-bond acceptors (Lipinski definition) is 3. The van der Waals surface area contributed by atoms with Crippen LogP contribution in [0.3, 0.4) is 0 Å². The number of piperidine rings is 1. The van der Waals surface area contributed by atoms with Crippen molar-refractivity contribution in [2.24, 2.45) is 5.10 Å². The molecular weight excluding hydrogens is 288 g/mol. The van der Waals surface area contributed by atoms with E-state index in [-0.39, 0.29) is 5.91 Å². The standard InChI is InChI=1S/C18H25N4O/c1-15(23)21-10-8-17(9-11-21)20-18-12-19-22(2,14-18)13-16-6-4-3-5-7-16/h3-7,12,14,17,20H,8-11,13H2,1-2H3/q+1. The fourth-order valence-corrected chi connectivity index (χ4v) is 3.25. The SMILES string of the molecule is CC(=O)N1CCC(NC2=C[N+](C)(Cc3ccccc3)N=C2)CC1. The summed E-state index contributed by atoms with van der Waals surface area (Å²) < 4.78 is 0.540. The fraction of sp³-hybridized carbons (Fsp3) is 0.444. The Kier molecular flexibility index (Phi) is 4.48. The molecule has 2 heterocycles. The predicted molar refractivity (Wildman–Crippen MR) is 91.3 cm³/mol. The number of rotatable bonds is 4. The Labute approximate surface area is 137 Å². The Morgan fingerprint density at radius 3 is 2.65 bits per heavy atom. The average Bonchev–Trinajstić information content (AvgIpc) is 2.89. The Balaban J connectivity index is 1.56. The van der Waals surface area contributed by atoms with Gasteiger partial charge in [-0.15, -0.1) is 0 Å². The van der Waals surface area contributed by atoms with Crippen molar-refractivity contribution >= 4 is 12.1 Å². The van der Waals surface area contributed by atoms with Crippen LogP contribution in [-0.2, 0) is 11.3 Å². The van der Waals surface area contributed by atoms with E-state index in [1.54, 1.807) is 6.92 Å². The highest BCUT2D eigenvalue weighted by atomic mass is 16.2. The number of allylic oxidation sites excluding steroid dienone is 1. The van der Waals surface area contributed by atoms with E-state index in [9.17, 15) is 4.79 Å². The minimum absolute atomic E-state index is 0.178. The molecule has 1 atom stereocenters. The molecule has 1 fully saturated rings. The van der Waals surface area contributed by atoms with Crippen LogP contribution in [-0.4, -0.2) is 47.8 Å². The van der Waals surface area contributed by atoms with Gasteiger partial charge in [-0.3, -0.25) is 4.79 Å². The number of quaternary nitrogens is 1. The summed E-state index contributed by atoms with van der Waals surface area (Å²) in [5, 5.41) is 8.22. The Morgan fingerprint density at radius 1 is 1.30 bits per heavy atom. The third kappa shape index (κ3) is 3.99. The van der Waals surface area contributed by atoms with Crippen molar-refractivity contribution in [3.05, 3.63) is 47.8 Å². The van der Waals surface area contributed by atoms with Crippen molar-refractivity contribution in [1.29, 1.82) is 0 Å². The van der Waals surface area contributed by atoms with E-state index >= 15 is 0 Å². The summed E-state index contributed by atoms with van der Waals surface area (Å²) in [5.41, 5.74) is 2.36. The van der Waals surface area contributed by atoms with Crippen molar-refractivity contribution in [3.63, 3.8) is 0 Å². The average molecular weight is 313 g/mol. The summed E-state index contributed by atoms with van der Waals surface area (Å²) in [6.45, 7) is 4.18. The molecule has 0 radical (unpaired) electrons. The van der Waals surface area contributed by atoms with E-state index in [4.69, 9.17) is 0 Å². The van der Waals surface area contributed by atoms with E-state index in [1.165, 1.54) is 5.56 Å². The van der Waals surface area contributed by atoms with Crippen molar-refractivity contribution in [1.82, 2.24) is 10.2 Å². The lowest BCUT2D eigenvalue weighted by molar-refractivity contribution is -0.877. The molecule has 0 spiro atoms. The number of benzene rings is 1. The summed E-state index contributed by atoms with van der Waals surface area (Å²) >= 11 is 0. The molecule has 0 saturated carbocycles. The van der Waals surface area contributed by atoms with Gasteiger partial charge in [0.05, 0.1) is 7.05 Å². The minimum atomic E-state index is 0.178. The maximum absolute atomic E-state index is 11.4. The zero-order chi connectivity index (χ0) is 16.3. The second-order valence-electron chi connectivity index (χ2n) is 6.61. The van der Waals surface area contributed by atoms with Gasteiger partial charge in [0.25, 0.3) is 0 Å². The summed E-state index contributed by atoms with van der Waals surface area (Å²) in [6, 6.07) is 10.9. The minimum Gasteiger partial charge on any atom is -0.376 e. The Morgan fingerprint density at radius 2 is 2.00 bits per heavy atom. The molecule has 1 amide bonds. The molecule has 3 rings (SSSR count). The molecule has 1 N–H and O–H groups in total. The Bertz CT molecular complexity index is 617. The van der Waals surface area contributed by atoms with Gasteiger partial charge in [-0.05, 0) is 12.8 Å². The van der Waals surface area contributed by atoms with Gasteiger partial charge in [0.1, 0.15) is 24.7 Å². The van der Waals surface area contributed by atoms with E-state index in [0.717, 1.165) is 38.2 Å². The highest BCUT2D eigenvalue weighted by Gasteiger charge is 2.27. The molecule has 5 nitrogen and oxygen atoms in total. The lowest BCUT2D eigenvalue weighted by Gasteiger charge is -2.32. The van der Waals surface area contributed by atoms with Crippen LogP contribution in [0.5, 0.6) is 0 Å². The van der Waals surface area contributed by atoms with Crippen LogP contribution in [0.1, 0.15) is 25.3 Å². The van der Waals surface area contributed by atoms with Crippen molar-refractivity contribution in [2.45, 2.75) is 32.4 Å². The van der Waals surface area contributed by atoms with Gasteiger partial charge in [0, 0.05) is 31.6 Å². The lowest BCUT2D eigenvalue weighted by atomic mass is 10.0. The van der Waals surface area contributed by atoms with Crippen molar-refractivity contribution in [3.8, 4) is 0 Å². The van der Waals surface area contributed by atoms with Crippen LogP contribution in [0.25, 0.3) is 0 Å². The van der Waals surface area contributed by atoms with Crippen LogP contribution >= 0.6 is 0 Å². The van der Waals surface area contributed by atoms with Crippen LogP contribution in [0.2, 0.25) is 0 Å². The Hall–Kier alpha value is -2.14. The highest BCUT2D eigenvalue weighted by molar-refractivity contribution is 5.78. The topological polar surface area (TPSA) is 44.7 Å². The largest absolute Gasteiger partial charge is 0.376 e. The number of nitrogens with zero attached hydrogens (tertiary/aromatic N) is 3. The zero-order valence-corrected chi connectivity index (χ0v) is 13.9. The molecule has 0 bridgehead atoms. The quantitative estimate of drug-likeness (QED) is 0.865. The number of nitrogens with one attached hydrogen (secondary N) is 1. The van der Waals surface area contributed by atoms with Gasteiger partial charge in [-0.1, -0.05) is 35.4 Å². The molecule has 1 unspecified atom stereocenters. The molecule has 1 saturated heterocycles. The number of carbonyl (C=O) groups is 1. The summed E-state index contributed by atoms with van der Waals surface area (Å²) in [7, 11) is 2.11. The molecule has 1 aromatic rings. The first kappa shape index (κ1) is 15.7. The first-order valence-corrected chi connectivity index (χ1v) is 8.24. The molecular formula is C18H25N4O+. The van der Waals surface area contributed by atoms with Crippen LogP contribution in [0.15, 0.2) is 47.3 Å². The second kappa shape index (κ2) is 6.54. The molecule has 23 heavy (non-hydrogen) atoms. The summed E-state index contributed by atoms with van der Waals surface area (Å²) in [6.07, 6.45) is 6.09. The molecule has 2 aliphatic rings. The number of hydrogen-bond donors (Lipinski definition) is 1. The van der Waals surface area contributed by atoms with Gasteiger partial charge < -0.3 is 10.2 Å². The van der Waals surface area contributed by atoms with Crippen LogP contribution in [0, 0.1) is 0 Å². The van der Waals surface area contributed by atoms with E-state index in [1.807, 2.05) is 17.2 Å². The monoisotopic (exact) mass is 313 g/mol. The van der Waals surface area contributed by atoms with Crippen LogP contribution < -0.4 is 5.32 Å². The zero-order valence-electron chi connectivity index (χ0n) is 13.9. The fourth-order valence-electron chi connectivity index (χ4n) is 3.25. The lowest BCUT2D eigenvalue weighted by Crippen LogP contribution is -2.44. The molecule has 0 aliphatic carbocycles. The van der Waals surface area contributed by atoms with Gasteiger partial charge in [0.15, 0.2) is 0 Å². The third-order valence-corrected chi connectivity index (χ3v) is 4.53. The van der Waals surface area contributed by atoms with Crippen molar-refractivity contribution in [2.75, 3.05) is 20.1 Å². The van der Waals surface area contributed by atoms with E-state index in [0.29, 0.717) is 10.6 Å². The molecule has 122 valence electrons. The van der Waals surface area contributed by atoms with Gasteiger partial charge in [0.2, 0.25) is 5.91 Å². The van der Waals surface area contributed by atoms with E-state index in [2.05, 4.69) is 47.9 Å². The predicted octanol–water partition coefficient (Wildman–Crippen LogP) is 2.07. The first-order valence-electron chi connectivity index (χ1n) is 8.24. The number of amides is 1. The normalized spacial score (nSPS) is 24.6. The van der Waals surface area contributed by atoms with Gasteiger partial charge in [-0.2, -0.15) is 4.59 Å². The third-order valence-electron chi connectivity index (χ3n) is 4.53. The van der Waals surface area contributed by atoms with Crippen molar-refractivity contribution < 1.29 is 9.39 Å². The summed E-state index contributed by atoms with van der Waals surface area (Å²) in [5.74, 6) is 0.178. The molecule has 5 heteroatoms. The number of likely N-dealkylation sites (tertiary alicyclic amines) is 1. The highest BCUT2D eigenvalue weighted by Crippen LogP contribution is 2.20. The number of carbonyl (C=O) groups excluding carboxylic acids is 1. The van der Waals surface area contributed by atoms with Gasteiger partial charge >= 0.3 is 0 Å².